The third kappa shape index (κ3) is 4.81. The van der Waals surface area contributed by atoms with Gasteiger partial charge >= 0.3 is 5.97 Å². The summed E-state index contributed by atoms with van der Waals surface area (Å²) in [5.74, 6) is -0.145. The summed E-state index contributed by atoms with van der Waals surface area (Å²) in [6, 6.07) is 7.75. The minimum absolute atomic E-state index is 0.145. The van der Waals surface area contributed by atoms with E-state index in [0.717, 1.165) is 23.4 Å². The largest absolute Gasteiger partial charge is 0.466 e. The molecule has 0 N–H and O–H groups in total. The monoisotopic (exact) mass is 346 g/mol. The molecule has 0 amide bonds. The van der Waals surface area contributed by atoms with E-state index in [0.29, 0.717) is 6.61 Å². The van der Waals surface area contributed by atoms with Crippen LogP contribution in [0.2, 0.25) is 5.02 Å². The molecule has 0 aliphatic rings. The van der Waals surface area contributed by atoms with E-state index < -0.39 is 5.41 Å². The molecule has 0 aromatic heterocycles. The Kier molecular flexibility index (Phi) is 6.34. The fraction of sp³-hybridized carbons (Fsp3) is 0.533. The third-order valence-corrected chi connectivity index (χ3v) is 4.39. The highest BCUT2D eigenvalue weighted by molar-refractivity contribution is 9.09. The normalized spacial score (nSPS) is 13.1. The lowest BCUT2D eigenvalue weighted by molar-refractivity contribution is -0.153. The molecule has 1 aromatic carbocycles. The van der Waals surface area contributed by atoms with Crippen LogP contribution in [0.25, 0.3) is 0 Å². The number of alkyl halides is 1. The second-order valence-electron chi connectivity index (χ2n) is 5.13. The lowest BCUT2D eigenvalue weighted by Crippen LogP contribution is -2.26. The average Bonchev–Trinajstić information content (AvgIpc) is 2.37. The predicted octanol–water partition coefficient (Wildman–Crippen LogP) is 5.15. The van der Waals surface area contributed by atoms with Gasteiger partial charge in [0.25, 0.3) is 0 Å². The van der Waals surface area contributed by atoms with Gasteiger partial charge in [0.2, 0.25) is 0 Å². The van der Waals surface area contributed by atoms with Crippen LogP contribution in [0.5, 0.6) is 0 Å². The van der Waals surface area contributed by atoms with Gasteiger partial charge in [-0.05, 0) is 45.2 Å². The van der Waals surface area contributed by atoms with Crippen LogP contribution in [0.4, 0.5) is 0 Å². The fourth-order valence-electron chi connectivity index (χ4n) is 1.80. The van der Waals surface area contributed by atoms with E-state index in [1.54, 1.807) is 0 Å². The summed E-state index contributed by atoms with van der Waals surface area (Å²) >= 11 is 9.80. The van der Waals surface area contributed by atoms with Gasteiger partial charge in [-0.3, -0.25) is 4.79 Å². The van der Waals surface area contributed by atoms with E-state index in [9.17, 15) is 4.79 Å². The van der Waals surface area contributed by atoms with Gasteiger partial charge in [0.15, 0.2) is 0 Å². The molecule has 0 bridgehead atoms. The summed E-state index contributed by atoms with van der Waals surface area (Å²) in [6.45, 7) is 6.07. The summed E-state index contributed by atoms with van der Waals surface area (Å²) in [4.78, 5) is 12.0. The molecule has 106 valence electrons. The van der Waals surface area contributed by atoms with Gasteiger partial charge in [-0.2, -0.15) is 0 Å². The van der Waals surface area contributed by atoms with Crippen molar-refractivity contribution in [3.8, 4) is 0 Å². The second-order valence-corrected chi connectivity index (χ2v) is 6.64. The molecule has 1 rings (SSSR count). The maximum atomic E-state index is 11.8. The van der Waals surface area contributed by atoms with Crippen molar-refractivity contribution in [2.24, 2.45) is 5.41 Å². The van der Waals surface area contributed by atoms with Crippen molar-refractivity contribution in [3.63, 3.8) is 0 Å². The van der Waals surface area contributed by atoms with E-state index in [-0.39, 0.29) is 10.8 Å². The van der Waals surface area contributed by atoms with Gasteiger partial charge in [0, 0.05) is 9.85 Å². The number of carbonyl (C=O) groups excluding carboxylic acids is 1. The first-order chi connectivity index (χ1) is 8.88. The summed E-state index contributed by atoms with van der Waals surface area (Å²) in [6.07, 6.45) is 1.57. The van der Waals surface area contributed by atoms with Crippen molar-refractivity contribution in [2.75, 3.05) is 6.61 Å². The zero-order valence-electron chi connectivity index (χ0n) is 11.6. The SMILES string of the molecule is CCOC(=O)C(C)(C)CCC(Br)c1ccccc1Cl. The quantitative estimate of drug-likeness (QED) is 0.526. The number of carbonyl (C=O) groups is 1. The Morgan fingerprint density at radius 3 is 2.63 bits per heavy atom. The molecule has 19 heavy (non-hydrogen) atoms. The summed E-state index contributed by atoms with van der Waals surface area (Å²) < 4.78 is 5.09. The molecule has 2 nitrogen and oxygen atoms in total. The van der Waals surface area contributed by atoms with Gasteiger partial charge in [0.05, 0.1) is 12.0 Å². The Labute approximate surface area is 128 Å². The highest BCUT2D eigenvalue weighted by Gasteiger charge is 2.29. The van der Waals surface area contributed by atoms with Crippen molar-refractivity contribution in [1.82, 2.24) is 0 Å². The lowest BCUT2D eigenvalue weighted by atomic mass is 9.86. The Balaban J connectivity index is 2.61. The van der Waals surface area contributed by atoms with E-state index in [1.165, 1.54) is 0 Å². The Hall–Kier alpha value is -0.540. The summed E-state index contributed by atoms with van der Waals surface area (Å²) in [5, 5.41) is 0.748. The van der Waals surface area contributed by atoms with E-state index in [4.69, 9.17) is 16.3 Å². The van der Waals surface area contributed by atoms with Crippen molar-refractivity contribution in [3.05, 3.63) is 34.9 Å². The van der Waals surface area contributed by atoms with Crippen LogP contribution in [-0.2, 0) is 9.53 Å². The lowest BCUT2D eigenvalue weighted by Gasteiger charge is -2.23. The number of halogens is 2. The van der Waals surface area contributed by atoms with Crippen molar-refractivity contribution < 1.29 is 9.53 Å². The van der Waals surface area contributed by atoms with Crippen LogP contribution in [0.15, 0.2) is 24.3 Å². The molecule has 1 aromatic rings. The molecule has 0 saturated heterocycles. The second kappa shape index (κ2) is 7.30. The van der Waals surface area contributed by atoms with Gasteiger partial charge in [0.1, 0.15) is 0 Å². The zero-order valence-corrected chi connectivity index (χ0v) is 13.9. The number of rotatable bonds is 6. The molecule has 0 radical (unpaired) electrons. The number of esters is 1. The minimum atomic E-state index is -0.469. The van der Waals surface area contributed by atoms with Crippen molar-refractivity contribution in [2.45, 2.75) is 38.4 Å². The van der Waals surface area contributed by atoms with Crippen LogP contribution >= 0.6 is 27.5 Å². The van der Waals surface area contributed by atoms with Crippen LogP contribution in [0.1, 0.15) is 44.0 Å². The maximum absolute atomic E-state index is 11.8. The molecular formula is C15H20BrClO2. The standard InChI is InChI=1S/C15H20BrClO2/c1-4-19-14(18)15(2,3)10-9-12(16)11-7-5-6-8-13(11)17/h5-8,12H,4,9-10H2,1-3H3. The Morgan fingerprint density at radius 2 is 2.05 bits per heavy atom. The van der Waals surface area contributed by atoms with E-state index in [1.807, 2.05) is 45.0 Å². The fourth-order valence-corrected chi connectivity index (χ4v) is 2.83. The molecular weight excluding hydrogens is 328 g/mol. The smallest absolute Gasteiger partial charge is 0.311 e. The van der Waals surface area contributed by atoms with Crippen LogP contribution in [0, 0.1) is 5.41 Å². The molecule has 0 heterocycles. The molecule has 1 unspecified atom stereocenters. The van der Waals surface area contributed by atoms with Gasteiger partial charge < -0.3 is 4.74 Å². The zero-order chi connectivity index (χ0) is 14.5. The summed E-state index contributed by atoms with van der Waals surface area (Å²) in [7, 11) is 0. The number of benzene rings is 1. The molecule has 0 spiro atoms. The molecule has 0 fully saturated rings. The number of hydrogen-bond donors (Lipinski definition) is 0. The first-order valence-electron chi connectivity index (χ1n) is 6.44. The highest BCUT2D eigenvalue weighted by Crippen LogP contribution is 2.36. The number of hydrogen-bond acceptors (Lipinski definition) is 2. The first-order valence-corrected chi connectivity index (χ1v) is 7.73. The van der Waals surface area contributed by atoms with E-state index >= 15 is 0 Å². The van der Waals surface area contributed by atoms with Gasteiger partial charge in [-0.15, -0.1) is 0 Å². The molecule has 4 heteroatoms. The predicted molar refractivity (Wildman–Crippen MR) is 82.8 cm³/mol. The Morgan fingerprint density at radius 1 is 1.42 bits per heavy atom. The average molecular weight is 348 g/mol. The molecule has 0 aliphatic carbocycles. The molecule has 0 saturated carbocycles. The maximum Gasteiger partial charge on any atom is 0.311 e. The van der Waals surface area contributed by atoms with Crippen molar-refractivity contribution in [1.29, 1.82) is 0 Å². The minimum Gasteiger partial charge on any atom is -0.466 e. The summed E-state index contributed by atoms with van der Waals surface area (Å²) in [5.41, 5.74) is 0.590. The first kappa shape index (κ1) is 16.5. The highest BCUT2D eigenvalue weighted by atomic mass is 79.9. The van der Waals surface area contributed by atoms with Crippen LogP contribution < -0.4 is 0 Å². The molecule has 1 atom stereocenters. The van der Waals surface area contributed by atoms with Crippen LogP contribution in [0.3, 0.4) is 0 Å². The Bertz CT molecular complexity index is 432. The van der Waals surface area contributed by atoms with Crippen molar-refractivity contribution >= 4 is 33.5 Å². The number of ether oxygens (including phenoxy) is 1. The topological polar surface area (TPSA) is 26.3 Å². The van der Waals surface area contributed by atoms with Gasteiger partial charge in [-0.25, -0.2) is 0 Å². The van der Waals surface area contributed by atoms with Crippen LogP contribution in [-0.4, -0.2) is 12.6 Å². The van der Waals surface area contributed by atoms with Gasteiger partial charge in [-0.1, -0.05) is 45.7 Å². The molecule has 0 aliphatic heterocycles. The third-order valence-electron chi connectivity index (χ3n) is 3.09. The van der Waals surface area contributed by atoms with E-state index in [2.05, 4.69) is 15.9 Å².